The van der Waals surface area contributed by atoms with E-state index in [-0.39, 0.29) is 16.5 Å². The van der Waals surface area contributed by atoms with Gasteiger partial charge in [-0.1, -0.05) is 72.8 Å². The molecule has 3 aromatic carbocycles. The summed E-state index contributed by atoms with van der Waals surface area (Å²) in [6, 6.07) is 28.6. The van der Waals surface area contributed by atoms with Crippen LogP contribution < -0.4 is 4.74 Å². The van der Waals surface area contributed by atoms with Gasteiger partial charge in [0, 0.05) is 6.54 Å². The highest BCUT2D eigenvalue weighted by Crippen LogP contribution is 2.43. The largest absolute Gasteiger partial charge is 0.489 e. The Hall–Kier alpha value is -2.72. The number of carbonyl (C=O) groups excluding carboxylic acids is 1. The van der Waals surface area contributed by atoms with Crippen molar-refractivity contribution in [1.29, 1.82) is 0 Å². The second-order valence-corrected chi connectivity index (χ2v) is 8.67. The standard InChI is InChI=1S/C25H25NO2S/c1-19-24(27)26(16-15-20-9-4-2-5-10-20)25(29-19)22-13-8-14-23(17-22)28-18-21-11-6-3-7-12-21/h2-14,17,19,25H,15-16,18H2,1H3. The van der Waals surface area contributed by atoms with Crippen LogP contribution in [0.2, 0.25) is 0 Å². The van der Waals surface area contributed by atoms with Gasteiger partial charge in [0.15, 0.2) is 0 Å². The van der Waals surface area contributed by atoms with Gasteiger partial charge in [-0.05, 0) is 42.2 Å². The summed E-state index contributed by atoms with van der Waals surface area (Å²) in [6.07, 6.45) is 0.862. The number of ether oxygens (including phenoxy) is 1. The zero-order valence-electron chi connectivity index (χ0n) is 16.5. The second kappa shape index (κ2) is 9.19. The second-order valence-electron chi connectivity index (χ2n) is 7.24. The Morgan fingerprint density at radius 2 is 1.59 bits per heavy atom. The topological polar surface area (TPSA) is 29.5 Å². The Kier molecular flexibility index (Phi) is 6.20. The molecule has 0 aliphatic carbocycles. The zero-order valence-corrected chi connectivity index (χ0v) is 17.3. The first kappa shape index (κ1) is 19.6. The number of benzene rings is 3. The highest BCUT2D eigenvalue weighted by Gasteiger charge is 2.38. The lowest BCUT2D eigenvalue weighted by Gasteiger charge is -2.24. The molecule has 1 amide bonds. The van der Waals surface area contributed by atoms with Crippen LogP contribution >= 0.6 is 11.8 Å². The summed E-state index contributed by atoms with van der Waals surface area (Å²) in [5, 5.41) is 0.00570. The first-order valence-corrected chi connectivity index (χ1v) is 10.9. The molecule has 2 unspecified atom stereocenters. The fourth-order valence-corrected chi connectivity index (χ4v) is 4.85. The van der Waals surface area contributed by atoms with E-state index in [1.54, 1.807) is 11.8 Å². The predicted molar refractivity (Wildman–Crippen MR) is 119 cm³/mol. The molecule has 0 bridgehead atoms. The lowest BCUT2D eigenvalue weighted by Crippen LogP contribution is -2.32. The Morgan fingerprint density at radius 1 is 0.897 bits per heavy atom. The summed E-state index contributed by atoms with van der Waals surface area (Å²) in [6.45, 7) is 3.26. The smallest absolute Gasteiger partial charge is 0.236 e. The molecule has 1 saturated heterocycles. The Bertz CT molecular complexity index is 945. The Balaban J connectivity index is 1.47. The van der Waals surface area contributed by atoms with Gasteiger partial charge in [0.2, 0.25) is 5.91 Å². The van der Waals surface area contributed by atoms with Crippen LogP contribution in [0.4, 0.5) is 0 Å². The van der Waals surface area contributed by atoms with Crippen LogP contribution in [0.5, 0.6) is 5.75 Å². The molecule has 3 aromatic rings. The van der Waals surface area contributed by atoms with Gasteiger partial charge in [0.25, 0.3) is 0 Å². The molecule has 0 aromatic heterocycles. The molecule has 29 heavy (non-hydrogen) atoms. The van der Waals surface area contributed by atoms with Gasteiger partial charge < -0.3 is 9.64 Å². The van der Waals surface area contributed by atoms with Crippen LogP contribution in [0.1, 0.15) is 29.0 Å². The maximum atomic E-state index is 12.8. The van der Waals surface area contributed by atoms with Crippen molar-refractivity contribution in [1.82, 2.24) is 4.90 Å². The average molecular weight is 404 g/mol. The number of thioether (sulfide) groups is 1. The van der Waals surface area contributed by atoms with Gasteiger partial charge in [0.05, 0.1) is 5.25 Å². The highest BCUT2D eigenvalue weighted by atomic mass is 32.2. The third kappa shape index (κ3) is 4.83. The van der Waals surface area contributed by atoms with Gasteiger partial charge in [-0.25, -0.2) is 0 Å². The summed E-state index contributed by atoms with van der Waals surface area (Å²) in [5.74, 6) is 1.05. The van der Waals surface area contributed by atoms with E-state index in [2.05, 4.69) is 36.4 Å². The van der Waals surface area contributed by atoms with Crippen molar-refractivity contribution in [2.45, 2.75) is 30.6 Å². The molecule has 1 aliphatic heterocycles. The molecule has 1 heterocycles. The van der Waals surface area contributed by atoms with Crippen molar-refractivity contribution in [2.24, 2.45) is 0 Å². The van der Waals surface area contributed by atoms with Crippen LogP contribution in [0.25, 0.3) is 0 Å². The molecular formula is C25H25NO2S. The quantitative estimate of drug-likeness (QED) is 0.524. The molecule has 0 N–H and O–H groups in total. The van der Waals surface area contributed by atoms with Crippen molar-refractivity contribution < 1.29 is 9.53 Å². The highest BCUT2D eigenvalue weighted by molar-refractivity contribution is 8.01. The van der Waals surface area contributed by atoms with Crippen molar-refractivity contribution in [3.8, 4) is 5.75 Å². The molecule has 4 rings (SSSR count). The fraction of sp³-hybridized carbons (Fsp3) is 0.240. The fourth-order valence-electron chi connectivity index (χ4n) is 3.55. The van der Waals surface area contributed by atoms with E-state index in [0.29, 0.717) is 6.61 Å². The number of hydrogen-bond acceptors (Lipinski definition) is 3. The Labute approximate surface area is 176 Å². The van der Waals surface area contributed by atoms with E-state index in [1.807, 2.05) is 60.4 Å². The third-order valence-electron chi connectivity index (χ3n) is 5.12. The van der Waals surface area contributed by atoms with Crippen molar-refractivity contribution in [3.63, 3.8) is 0 Å². The molecule has 1 aliphatic rings. The minimum Gasteiger partial charge on any atom is -0.489 e. The molecule has 0 saturated carbocycles. The maximum Gasteiger partial charge on any atom is 0.236 e. The first-order chi connectivity index (χ1) is 14.2. The van der Waals surface area contributed by atoms with Gasteiger partial charge in [0.1, 0.15) is 17.7 Å². The molecule has 0 spiro atoms. The van der Waals surface area contributed by atoms with E-state index < -0.39 is 0 Å². The number of nitrogens with zero attached hydrogens (tertiary/aromatic N) is 1. The maximum absolute atomic E-state index is 12.8. The summed E-state index contributed by atoms with van der Waals surface area (Å²) in [7, 11) is 0. The molecular weight excluding hydrogens is 378 g/mol. The first-order valence-electron chi connectivity index (χ1n) is 9.97. The zero-order chi connectivity index (χ0) is 20.1. The van der Waals surface area contributed by atoms with Gasteiger partial charge in [-0.2, -0.15) is 0 Å². The number of rotatable bonds is 7. The summed E-state index contributed by atoms with van der Waals surface area (Å²) >= 11 is 1.71. The summed E-state index contributed by atoms with van der Waals surface area (Å²) in [4.78, 5) is 14.8. The van der Waals surface area contributed by atoms with Gasteiger partial charge in [-0.3, -0.25) is 4.79 Å². The molecule has 148 valence electrons. The van der Waals surface area contributed by atoms with E-state index in [1.165, 1.54) is 5.56 Å². The minimum atomic E-state index is -0.0235. The molecule has 4 heteroatoms. The van der Waals surface area contributed by atoms with E-state index >= 15 is 0 Å². The van der Waals surface area contributed by atoms with Crippen LogP contribution in [0, 0.1) is 0 Å². The van der Waals surface area contributed by atoms with Crippen LogP contribution in [0.15, 0.2) is 84.9 Å². The van der Waals surface area contributed by atoms with Crippen molar-refractivity contribution in [2.75, 3.05) is 6.54 Å². The Morgan fingerprint density at radius 3 is 2.31 bits per heavy atom. The van der Waals surface area contributed by atoms with Crippen molar-refractivity contribution in [3.05, 3.63) is 102 Å². The van der Waals surface area contributed by atoms with E-state index in [4.69, 9.17) is 4.74 Å². The normalized spacial score (nSPS) is 18.8. The third-order valence-corrected chi connectivity index (χ3v) is 6.52. The van der Waals surface area contributed by atoms with Gasteiger partial charge >= 0.3 is 0 Å². The summed E-state index contributed by atoms with van der Waals surface area (Å²) < 4.78 is 6.00. The molecule has 2 atom stereocenters. The molecule has 1 fully saturated rings. The summed E-state index contributed by atoms with van der Waals surface area (Å²) in [5.41, 5.74) is 3.51. The lowest BCUT2D eigenvalue weighted by molar-refractivity contribution is -0.129. The lowest BCUT2D eigenvalue weighted by atomic mass is 10.1. The molecule has 0 radical (unpaired) electrons. The minimum absolute atomic E-state index is 0.0235. The van der Waals surface area contributed by atoms with E-state index in [0.717, 1.165) is 29.8 Å². The SMILES string of the molecule is CC1SC(c2cccc(OCc3ccccc3)c2)N(CCc2ccccc2)C1=O. The van der Waals surface area contributed by atoms with Crippen LogP contribution in [-0.4, -0.2) is 22.6 Å². The van der Waals surface area contributed by atoms with Crippen molar-refractivity contribution >= 4 is 17.7 Å². The van der Waals surface area contributed by atoms with Gasteiger partial charge in [-0.15, -0.1) is 11.8 Å². The van der Waals surface area contributed by atoms with E-state index in [9.17, 15) is 4.79 Å². The number of hydrogen-bond donors (Lipinski definition) is 0. The molecule has 3 nitrogen and oxygen atoms in total. The number of amides is 1. The predicted octanol–water partition coefficient (Wildman–Crippen LogP) is 5.47. The van der Waals surface area contributed by atoms with Crippen LogP contribution in [-0.2, 0) is 17.8 Å². The number of carbonyl (C=O) groups is 1. The average Bonchev–Trinajstić information content (AvgIpc) is 3.06. The van der Waals surface area contributed by atoms with Crippen LogP contribution in [0.3, 0.4) is 0 Å². The monoisotopic (exact) mass is 403 g/mol.